The molecule has 2 unspecified atom stereocenters. The third-order valence-corrected chi connectivity index (χ3v) is 4.20. The summed E-state index contributed by atoms with van der Waals surface area (Å²) in [6.07, 6.45) is 5.62. The van der Waals surface area contributed by atoms with Crippen LogP contribution in [0.3, 0.4) is 0 Å². The zero-order valence-corrected chi connectivity index (χ0v) is 11.6. The Balaban J connectivity index is 1.80. The Morgan fingerprint density at radius 1 is 1.22 bits per heavy atom. The Morgan fingerprint density at radius 2 is 2.00 bits per heavy atom. The number of para-hydroxylation sites is 1. The molecule has 2 nitrogen and oxygen atoms in total. The first-order valence-corrected chi connectivity index (χ1v) is 7.14. The van der Waals surface area contributed by atoms with E-state index < -0.39 is 0 Å². The van der Waals surface area contributed by atoms with E-state index in [4.69, 9.17) is 4.74 Å². The molecule has 2 rings (SSSR count). The number of hydrogen-bond acceptors (Lipinski definition) is 2. The van der Waals surface area contributed by atoms with Gasteiger partial charge in [0.25, 0.3) is 0 Å². The van der Waals surface area contributed by atoms with Crippen LogP contribution in [0.1, 0.15) is 38.2 Å². The maximum atomic E-state index is 5.37. The van der Waals surface area contributed by atoms with Crippen LogP contribution < -0.4 is 10.1 Å². The first kappa shape index (κ1) is 13.4. The molecule has 1 fully saturated rings. The van der Waals surface area contributed by atoms with E-state index in [1.807, 2.05) is 12.1 Å². The van der Waals surface area contributed by atoms with Gasteiger partial charge < -0.3 is 10.1 Å². The molecule has 0 saturated heterocycles. The Bertz CT molecular complexity index is 364. The highest BCUT2D eigenvalue weighted by Crippen LogP contribution is 2.29. The fourth-order valence-electron chi connectivity index (χ4n) is 2.94. The van der Waals surface area contributed by atoms with Gasteiger partial charge in [-0.05, 0) is 30.9 Å². The molecule has 1 aliphatic carbocycles. The van der Waals surface area contributed by atoms with Crippen LogP contribution in [-0.4, -0.2) is 13.7 Å². The zero-order chi connectivity index (χ0) is 12.8. The Hall–Kier alpha value is -1.02. The Kier molecular flexibility index (Phi) is 5.06. The predicted octanol–water partition coefficient (Wildman–Crippen LogP) is 3.61. The maximum Gasteiger partial charge on any atom is 0.123 e. The van der Waals surface area contributed by atoms with Gasteiger partial charge in [0.15, 0.2) is 0 Å². The summed E-state index contributed by atoms with van der Waals surface area (Å²) in [5, 5.41) is 3.60. The van der Waals surface area contributed by atoms with E-state index in [2.05, 4.69) is 24.4 Å². The molecule has 1 aliphatic rings. The number of ether oxygens (including phenoxy) is 1. The van der Waals surface area contributed by atoms with E-state index in [1.54, 1.807) is 7.11 Å². The fraction of sp³-hybridized carbons (Fsp3) is 0.625. The number of methoxy groups -OCH3 is 1. The minimum Gasteiger partial charge on any atom is -0.496 e. The molecular formula is C16H25NO. The van der Waals surface area contributed by atoms with Crippen LogP contribution in [0.15, 0.2) is 24.3 Å². The average Bonchev–Trinajstić information content (AvgIpc) is 2.41. The first-order chi connectivity index (χ1) is 8.81. The van der Waals surface area contributed by atoms with Crippen molar-refractivity contribution in [2.45, 2.75) is 39.2 Å². The molecule has 0 bridgehead atoms. The zero-order valence-electron chi connectivity index (χ0n) is 11.6. The van der Waals surface area contributed by atoms with Crippen LogP contribution >= 0.6 is 0 Å². The molecule has 0 radical (unpaired) electrons. The number of rotatable bonds is 5. The first-order valence-electron chi connectivity index (χ1n) is 7.14. The molecule has 18 heavy (non-hydrogen) atoms. The Morgan fingerprint density at radius 3 is 2.78 bits per heavy atom. The summed E-state index contributed by atoms with van der Waals surface area (Å²) in [6.45, 7) is 4.45. The van der Waals surface area contributed by atoms with Gasteiger partial charge in [0.2, 0.25) is 0 Å². The van der Waals surface area contributed by atoms with Crippen LogP contribution in [0.2, 0.25) is 0 Å². The highest BCUT2D eigenvalue weighted by Gasteiger charge is 2.20. The van der Waals surface area contributed by atoms with Gasteiger partial charge in [-0.3, -0.25) is 0 Å². The molecule has 0 aliphatic heterocycles. The minimum absolute atomic E-state index is 0.855. The molecule has 0 spiro atoms. The van der Waals surface area contributed by atoms with E-state index in [1.165, 1.54) is 31.2 Å². The maximum absolute atomic E-state index is 5.37. The van der Waals surface area contributed by atoms with E-state index >= 15 is 0 Å². The molecule has 0 amide bonds. The molecule has 1 aromatic rings. The summed E-state index contributed by atoms with van der Waals surface area (Å²) >= 11 is 0. The van der Waals surface area contributed by atoms with Crippen LogP contribution in [-0.2, 0) is 6.54 Å². The van der Waals surface area contributed by atoms with Gasteiger partial charge >= 0.3 is 0 Å². The van der Waals surface area contributed by atoms with Crippen molar-refractivity contribution >= 4 is 0 Å². The van der Waals surface area contributed by atoms with Crippen LogP contribution in [0.25, 0.3) is 0 Å². The third kappa shape index (κ3) is 3.49. The summed E-state index contributed by atoms with van der Waals surface area (Å²) in [7, 11) is 1.74. The second kappa shape index (κ2) is 6.79. The predicted molar refractivity (Wildman–Crippen MR) is 75.8 cm³/mol. The molecule has 2 atom stereocenters. The van der Waals surface area contributed by atoms with Gasteiger partial charge in [0, 0.05) is 12.1 Å². The minimum atomic E-state index is 0.855. The molecule has 0 aromatic heterocycles. The van der Waals surface area contributed by atoms with Crippen molar-refractivity contribution < 1.29 is 4.74 Å². The quantitative estimate of drug-likeness (QED) is 0.858. The van der Waals surface area contributed by atoms with Gasteiger partial charge in [-0.15, -0.1) is 0 Å². The topological polar surface area (TPSA) is 21.3 Å². The second-order valence-electron chi connectivity index (χ2n) is 5.46. The molecular weight excluding hydrogens is 222 g/mol. The van der Waals surface area contributed by atoms with Gasteiger partial charge in [0.1, 0.15) is 5.75 Å². The lowest BCUT2D eigenvalue weighted by Crippen LogP contribution is -2.29. The number of benzene rings is 1. The van der Waals surface area contributed by atoms with Gasteiger partial charge in [-0.1, -0.05) is 44.4 Å². The number of hydrogen-bond donors (Lipinski definition) is 1. The highest BCUT2D eigenvalue weighted by atomic mass is 16.5. The lowest BCUT2D eigenvalue weighted by molar-refractivity contribution is 0.247. The average molecular weight is 247 g/mol. The molecule has 1 aromatic carbocycles. The van der Waals surface area contributed by atoms with E-state index in [0.29, 0.717) is 0 Å². The van der Waals surface area contributed by atoms with Gasteiger partial charge in [-0.25, -0.2) is 0 Å². The third-order valence-electron chi connectivity index (χ3n) is 4.20. The molecule has 100 valence electrons. The summed E-state index contributed by atoms with van der Waals surface area (Å²) in [6, 6.07) is 8.25. The largest absolute Gasteiger partial charge is 0.496 e. The summed E-state index contributed by atoms with van der Waals surface area (Å²) in [5.41, 5.74) is 1.25. The van der Waals surface area contributed by atoms with Crippen molar-refractivity contribution in [1.29, 1.82) is 0 Å². The van der Waals surface area contributed by atoms with Crippen molar-refractivity contribution in [2.24, 2.45) is 11.8 Å². The summed E-state index contributed by atoms with van der Waals surface area (Å²) < 4.78 is 5.37. The molecule has 1 N–H and O–H groups in total. The Labute approximate surface area is 111 Å². The lowest BCUT2D eigenvalue weighted by atomic mass is 9.80. The van der Waals surface area contributed by atoms with Crippen molar-refractivity contribution in [1.82, 2.24) is 5.32 Å². The van der Waals surface area contributed by atoms with Crippen LogP contribution in [0.4, 0.5) is 0 Å². The highest BCUT2D eigenvalue weighted by molar-refractivity contribution is 5.32. The summed E-state index contributed by atoms with van der Waals surface area (Å²) in [5.74, 6) is 2.72. The summed E-state index contributed by atoms with van der Waals surface area (Å²) in [4.78, 5) is 0. The van der Waals surface area contributed by atoms with Gasteiger partial charge in [0.05, 0.1) is 7.11 Å². The van der Waals surface area contributed by atoms with Crippen molar-refractivity contribution in [3.63, 3.8) is 0 Å². The fourth-order valence-corrected chi connectivity index (χ4v) is 2.94. The van der Waals surface area contributed by atoms with Crippen molar-refractivity contribution in [3.05, 3.63) is 29.8 Å². The van der Waals surface area contributed by atoms with E-state index in [-0.39, 0.29) is 0 Å². The smallest absolute Gasteiger partial charge is 0.123 e. The molecule has 0 heterocycles. The van der Waals surface area contributed by atoms with Crippen molar-refractivity contribution in [2.75, 3.05) is 13.7 Å². The number of nitrogens with one attached hydrogen (secondary N) is 1. The van der Waals surface area contributed by atoms with Crippen LogP contribution in [0.5, 0.6) is 5.75 Å². The van der Waals surface area contributed by atoms with E-state index in [9.17, 15) is 0 Å². The second-order valence-corrected chi connectivity index (χ2v) is 5.46. The molecule has 1 saturated carbocycles. The normalized spacial score (nSPS) is 23.9. The standard InChI is InChI=1S/C16H25NO/c1-13-7-3-4-8-14(13)11-17-12-15-9-5-6-10-16(15)18-2/h5-6,9-10,13-14,17H,3-4,7-8,11-12H2,1-2H3. The van der Waals surface area contributed by atoms with Gasteiger partial charge in [-0.2, -0.15) is 0 Å². The van der Waals surface area contributed by atoms with E-state index in [0.717, 1.165) is 30.7 Å². The molecule has 2 heteroatoms. The van der Waals surface area contributed by atoms with Crippen molar-refractivity contribution in [3.8, 4) is 5.75 Å². The monoisotopic (exact) mass is 247 g/mol. The van der Waals surface area contributed by atoms with Crippen LogP contribution in [0, 0.1) is 11.8 Å². The SMILES string of the molecule is COc1ccccc1CNCC1CCCCC1C. The lowest BCUT2D eigenvalue weighted by Gasteiger charge is -2.29.